The lowest BCUT2D eigenvalue weighted by Crippen LogP contribution is -2.50. The molecule has 1 aromatic carbocycles. The van der Waals surface area contributed by atoms with E-state index in [9.17, 15) is 4.79 Å². The zero-order valence-corrected chi connectivity index (χ0v) is 13.3. The fourth-order valence-corrected chi connectivity index (χ4v) is 3.00. The van der Waals surface area contributed by atoms with Gasteiger partial charge in [0.25, 0.3) is 0 Å². The maximum absolute atomic E-state index is 12.1. The Morgan fingerprint density at radius 1 is 1.17 bits per heavy atom. The topological polar surface area (TPSA) is 58.6 Å². The first-order valence-corrected chi connectivity index (χ1v) is 7.63. The molecule has 23 heavy (non-hydrogen) atoms. The standard InChI is InChI=1S/C17H20N4O2/c1-13(22)21-11-10-20(17-18-8-5-9-19-17)12-15(21)14-6-3-4-7-16(14)23-2/h3-9,15H,10-12H2,1-2H3/t15-/m1/s1. The highest BCUT2D eigenvalue weighted by molar-refractivity contribution is 5.74. The Morgan fingerprint density at radius 2 is 1.91 bits per heavy atom. The number of hydrogen-bond donors (Lipinski definition) is 0. The van der Waals surface area contributed by atoms with Crippen LogP contribution in [0.15, 0.2) is 42.7 Å². The molecular formula is C17H20N4O2. The van der Waals surface area contributed by atoms with Crippen molar-refractivity contribution in [1.29, 1.82) is 0 Å². The van der Waals surface area contributed by atoms with E-state index in [1.54, 1.807) is 32.5 Å². The van der Waals surface area contributed by atoms with E-state index in [0.717, 1.165) is 17.9 Å². The molecule has 2 aromatic rings. The number of rotatable bonds is 3. The van der Waals surface area contributed by atoms with Gasteiger partial charge in [-0.15, -0.1) is 0 Å². The third kappa shape index (κ3) is 3.11. The number of carbonyl (C=O) groups is 1. The zero-order chi connectivity index (χ0) is 16.2. The van der Waals surface area contributed by atoms with Crippen LogP contribution in [0.1, 0.15) is 18.5 Å². The van der Waals surface area contributed by atoms with E-state index in [0.29, 0.717) is 19.0 Å². The number of methoxy groups -OCH3 is 1. The van der Waals surface area contributed by atoms with Crippen molar-refractivity contribution in [2.45, 2.75) is 13.0 Å². The number of benzene rings is 1. The van der Waals surface area contributed by atoms with Crippen LogP contribution >= 0.6 is 0 Å². The Labute approximate surface area is 135 Å². The number of anilines is 1. The van der Waals surface area contributed by atoms with Gasteiger partial charge in [0.1, 0.15) is 5.75 Å². The zero-order valence-electron chi connectivity index (χ0n) is 13.3. The molecule has 120 valence electrons. The predicted molar refractivity (Wildman–Crippen MR) is 87.4 cm³/mol. The molecule has 0 bridgehead atoms. The summed E-state index contributed by atoms with van der Waals surface area (Å²) in [5.41, 5.74) is 1.01. The molecule has 0 spiro atoms. The highest BCUT2D eigenvalue weighted by Crippen LogP contribution is 2.32. The second-order valence-electron chi connectivity index (χ2n) is 5.46. The van der Waals surface area contributed by atoms with Gasteiger partial charge >= 0.3 is 0 Å². The minimum Gasteiger partial charge on any atom is -0.496 e. The summed E-state index contributed by atoms with van der Waals surface area (Å²) in [6.45, 7) is 3.60. The van der Waals surface area contributed by atoms with Crippen molar-refractivity contribution in [2.75, 3.05) is 31.6 Å². The van der Waals surface area contributed by atoms with Gasteiger partial charge in [0, 0.05) is 44.5 Å². The van der Waals surface area contributed by atoms with Crippen LogP contribution in [-0.4, -0.2) is 47.5 Å². The van der Waals surface area contributed by atoms with Gasteiger partial charge in [-0.05, 0) is 12.1 Å². The summed E-state index contributed by atoms with van der Waals surface area (Å²) in [4.78, 5) is 24.7. The first-order chi connectivity index (χ1) is 11.2. The summed E-state index contributed by atoms with van der Waals surface area (Å²) < 4.78 is 5.48. The van der Waals surface area contributed by atoms with Gasteiger partial charge in [-0.3, -0.25) is 4.79 Å². The average Bonchev–Trinajstić information content (AvgIpc) is 2.61. The van der Waals surface area contributed by atoms with Gasteiger partial charge in [-0.2, -0.15) is 0 Å². The lowest BCUT2D eigenvalue weighted by atomic mass is 10.0. The summed E-state index contributed by atoms with van der Waals surface area (Å²) in [5, 5.41) is 0. The molecule has 1 aromatic heterocycles. The van der Waals surface area contributed by atoms with Crippen molar-refractivity contribution in [3.05, 3.63) is 48.3 Å². The molecule has 2 heterocycles. The molecule has 0 N–H and O–H groups in total. The van der Waals surface area contributed by atoms with Crippen LogP contribution in [0.3, 0.4) is 0 Å². The van der Waals surface area contributed by atoms with E-state index < -0.39 is 0 Å². The number of carbonyl (C=O) groups excluding carboxylic acids is 1. The van der Waals surface area contributed by atoms with E-state index in [2.05, 4.69) is 14.9 Å². The normalized spacial score (nSPS) is 17.9. The van der Waals surface area contributed by atoms with Gasteiger partial charge in [0.2, 0.25) is 11.9 Å². The van der Waals surface area contributed by atoms with E-state index in [1.165, 1.54) is 0 Å². The minimum atomic E-state index is -0.0822. The molecule has 1 atom stereocenters. The van der Waals surface area contributed by atoms with Crippen LogP contribution < -0.4 is 9.64 Å². The Kier molecular flexibility index (Phi) is 4.41. The molecule has 1 saturated heterocycles. The van der Waals surface area contributed by atoms with Gasteiger partial charge < -0.3 is 14.5 Å². The van der Waals surface area contributed by atoms with E-state index in [1.807, 2.05) is 29.2 Å². The monoisotopic (exact) mass is 312 g/mol. The number of hydrogen-bond acceptors (Lipinski definition) is 5. The summed E-state index contributed by atoms with van der Waals surface area (Å²) in [6.07, 6.45) is 3.47. The molecule has 6 nitrogen and oxygen atoms in total. The van der Waals surface area contributed by atoms with Crippen molar-refractivity contribution in [3.63, 3.8) is 0 Å². The number of amides is 1. The van der Waals surface area contributed by atoms with Gasteiger partial charge in [0.05, 0.1) is 13.2 Å². The second-order valence-corrected chi connectivity index (χ2v) is 5.46. The maximum atomic E-state index is 12.1. The number of ether oxygens (including phenoxy) is 1. The van der Waals surface area contributed by atoms with Crippen molar-refractivity contribution in [1.82, 2.24) is 14.9 Å². The molecule has 0 unspecified atom stereocenters. The fourth-order valence-electron chi connectivity index (χ4n) is 3.00. The number of para-hydroxylation sites is 1. The molecule has 0 radical (unpaired) electrons. The quantitative estimate of drug-likeness (QED) is 0.866. The van der Waals surface area contributed by atoms with Crippen molar-refractivity contribution in [3.8, 4) is 5.75 Å². The van der Waals surface area contributed by atoms with Gasteiger partial charge in [-0.25, -0.2) is 9.97 Å². The third-order valence-corrected chi connectivity index (χ3v) is 4.12. The van der Waals surface area contributed by atoms with E-state index in [-0.39, 0.29) is 11.9 Å². The molecular weight excluding hydrogens is 292 g/mol. The van der Waals surface area contributed by atoms with Gasteiger partial charge in [0.15, 0.2) is 0 Å². The Bertz CT molecular complexity index is 677. The maximum Gasteiger partial charge on any atom is 0.225 e. The van der Waals surface area contributed by atoms with Crippen LogP contribution in [0.4, 0.5) is 5.95 Å². The molecule has 1 aliphatic rings. The van der Waals surface area contributed by atoms with E-state index >= 15 is 0 Å². The molecule has 6 heteroatoms. The first-order valence-electron chi connectivity index (χ1n) is 7.63. The molecule has 0 saturated carbocycles. The predicted octanol–water partition coefficient (Wildman–Crippen LogP) is 1.89. The lowest BCUT2D eigenvalue weighted by Gasteiger charge is -2.41. The second kappa shape index (κ2) is 6.64. The fraction of sp³-hybridized carbons (Fsp3) is 0.353. The SMILES string of the molecule is COc1ccccc1[C@H]1CN(c2ncccn2)CCN1C(C)=O. The number of nitrogens with zero attached hydrogens (tertiary/aromatic N) is 4. The van der Waals surface area contributed by atoms with Crippen LogP contribution in [0, 0.1) is 0 Å². The minimum absolute atomic E-state index is 0.0644. The number of aromatic nitrogens is 2. The van der Waals surface area contributed by atoms with Crippen molar-refractivity contribution < 1.29 is 9.53 Å². The summed E-state index contributed by atoms with van der Waals surface area (Å²) >= 11 is 0. The van der Waals surface area contributed by atoms with Crippen molar-refractivity contribution >= 4 is 11.9 Å². The molecule has 1 aliphatic heterocycles. The Balaban J connectivity index is 1.94. The molecule has 3 rings (SSSR count). The highest BCUT2D eigenvalue weighted by Gasteiger charge is 2.32. The van der Waals surface area contributed by atoms with Crippen LogP contribution in [0.2, 0.25) is 0 Å². The first kappa shape index (κ1) is 15.3. The molecule has 0 aliphatic carbocycles. The summed E-state index contributed by atoms with van der Waals surface area (Å²) in [7, 11) is 1.65. The summed E-state index contributed by atoms with van der Waals surface area (Å²) in [6, 6.07) is 9.55. The van der Waals surface area contributed by atoms with Crippen molar-refractivity contribution in [2.24, 2.45) is 0 Å². The smallest absolute Gasteiger partial charge is 0.225 e. The lowest BCUT2D eigenvalue weighted by molar-refractivity contribution is -0.131. The van der Waals surface area contributed by atoms with E-state index in [4.69, 9.17) is 4.74 Å². The number of piperazine rings is 1. The third-order valence-electron chi connectivity index (χ3n) is 4.12. The Hall–Kier alpha value is -2.63. The Morgan fingerprint density at radius 3 is 2.61 bits per heavy atom. The average molecular weight is 312 g/mol. The molecule has 1 amide bonds. The largest absolute Gasteiger partial charge is 0.496 e. The van der Waals surface area contributed by atoms with Crippen LogP contribution in [-0.2, 0) is 4.79 Å². The molecule has 1 fully saturated rings. The van der Waals surface area contributed by atoms with Crippen LogP contribution in [0.25, 0.3) is 0 Å². The van der Waals surface area contributed by atoms with Crippen LogP contribution in [0.5, 0.6) is 5.75 Å². The highest BCUT2D eigenvalue weighted by atomic mass is 16.5. The van der Waals surface area contributed by atoms with Gasteiger partial charge in [-0.1, -0.05) is 18.2 Å². The summed E-state index contributed by atoms with van der Waals surface area (Å²) in [5.74, 6) is 1.55.